The maximum atomic E-state index is 5.62. The molecule has 100 valence electrons. The third kappa shape index (κ3) is 3.65. The Morgan fingerprint density at radius 3 is 3.06 bits per heavy atom. The zero-order chi connectivity index (χ0) is 12.1. The molecule has 2 rings (SSSR count). The highest BCUT2D eigenvalue weighted by molar-refractivity contribution is 4.88. The first-order valence-corrected chi connectivity index (χ1v) is 6.84. The molecular weight excluding hydrogens is 216 g/mol. The van der Waals surface area contributed by atoms with Gasteiger partial charge < -0.3 is 20.1 Å². The van der Waals surface area contributed by atoms with Crippen molar-refractivity contribution in [1.82, 2.24) is 10.6 Å². The van der Waals surface area contributed by atoms with Crippen LogP contribution in [-0.4, -0.2) is 51.1 Å². The Morgan fingerprint density at radius 2 is 2.47 bits per heavy atom. The van der Waals surface area contributed by atoms with Crippen molar-refractivity contribution in [2.75, 3.05) is 33.4 Å². The Bertz CT molecular complexity index is 223. The molecule has 2 N–H and O–H groups in total. The predicted molar refractivity (Wildman–Crippen MR) is 68.3 cm³/mol. The number of methoxy groups -OCH3 is 1. The molecule has 4 nitrogen and oxygen atoms in total. The van der Waals surface area contributed by atoms with Crippen LogP contribution >= 0.6 is 0 Å². The second-order valence-electron chi connectivity index (χ2n) is 5.50. The molecule has 4 heteroatoms. The molecule has 2 saturated heterocycles. The molecule has 0 radical (unpaired) electrons. The molecule has 2 aliphatic heterocycles. The van der Waals surface area contributed by atoms with E-state index in [1.807, 2.05) is 0 Å². The van der Waals surface area contributed by atoms with Gasteiger partial charge in [0.2, 0.25) is 0 Å². The Balaban J connectivity index is 1.69. The first kappa shape index (κ1) is 13.3. The molecule has 0 spiro atoms. The summed E-state index contributed by atoms with van der Waals surface area (Å²) >= 11 is 0. The van der Waals surface area contributed by atoms with Crippen LogP contribution in [0.5, 0.6) is 0 Å². The molecular formula is C13H26N2O2. The van der Waals surface area contributed by atoms with E-state index in [4.69, 9.17) is 9.47 Å². The van der Waals surface area contributed by atoms with Crippen LogP contribution < -0.4 is 10.6 Å². The number of hydrogen-bond acceptors (Lipinski definition) is 4. The SMILES string of the molecule is COC1(CNC(C)CC2CCCN2)CCOC1. The molecule has 3 unspecified atom stereocenters. The van der Waals surface area contributed by atoms with Crippen molar-refractivity contribution in [3.05, 3.63) is 0 Å². The zero-order valence-corrected chi connectivity index (χ0v) is 11.1. The summed E-state index contributed by atoms with van der Waals surface area (Å²) in [5.41, 5.74) is -0.0859. The van der Waals surface area contributed by atoms with Crippen LogP contribution in [0.1, 0.15) is 32.6 Å². The summed E-state index contributed by atoms with van der Waals surface area (Å²) in [4.78, 5) is 0. The largest absolute Gasteiger partial charge is 0.378 e. The topological polar surface area (TPSA) is 42.5 Å². The minimum atomic E-state index is -0.0859. The molecule has 2 fully saturated rings. The van der Waals surface area contributed by atoms with Crippen LogP contribution in [0.15, 0.2) is 0 Å². The highest BCUT2D eigenvalue weighted by Gasteiger charge is 2.35. The molecule has 3 atom stereocenters. The number of nitrogens with one attached hydrogen (secondary N) is 2. The van der Waals surface area contributed by atoms with E-state index in [0.29, 0.717) is 12.1 Å². The molecule has 0 aromatic carbocycles. The summed E-state index contributed by atoms with van der Waals surface area (Å²) in [5, 5.41) is 7.14. The fourth-order valence-corrected chi connectivity index (χ4v) is 2.79. The maximum Gasteiger partial charge on any atom is 0.106 e. The zero-order valence-electron chi connectivity index (χ0n) is 11.1. The van der Waals surface area contributed by atoms with Crippen molar-refractivity contribution in [2.45, 2.75) is 50.3 Å². The fraction of sp³-hybridized carbons (Fsp3) is 1.00. The molecule has 17 heavy (non-hydrogen) atoms. The van der Waals surface area contributed by atoms with Crippen molar-refractivity contribution in [3.8, 4) is 0 Å². The summed E-state index contributed by atoms with van der Waals surface area (Å²) in [6.07, 6.45) is 4.86. The lowest BCUT2D eigenvalue weighted by Gasteiger charge is -2.28. The summed E-state index contributed by atoms with van der Waals surface area (Å²) in [6, 6.07) is 1.24. The van der Waals surface area contributed by atoms with Crippen molar-refractivity contribution in [2.24, 2.45) is 0 Å². The van der Waals surface area contributed by atoms with E-state index in [1.165, 1.54) is 25.8 Å². The molecule has 0 aliphatic carbocycles. The van der Waals surface area contributed by atoms with E-state index >= 15 is 0 Å². The van der Waals surface area contributed by atoms with E-state index in [9.17, 15) is 0 Å². The van der Waals surface area contributed by atoms with Crippen LogP contribution in [0, 0.1) is 0 Å². The van der Waals surface area contributed by atoms with Crippen LogP contribution in [0.2, 0.25) is 0 Å². The first-order chi connectivity index (χ1) is 8.24. The van der Waals surface area contributed by atoms with Gasteiger partial charge in [-0.3, -0.25) is 0 Å². The second kappa shape index (κ2) is 6.14. The van der Waals surface area contributed by atoms with E-state index in [1.54, 1.807) is 7.11 Å². The smallest absolute Gasteiger partial charge is 0.106 e. The molecule has 2 aliphatic rings. The molecule has 0 aromatic rings. The molecule has 0 amide bonds. The van der Waals surface area contributed by atoms with E-state index < -0.39 is 0 Å². The molecule has 0 saturated carbocycles. The summed E-state index contributed by atoms with van der Waals surface area (Å²) < 4.78 is 11.1. The maximum absolute atomic E-state index is 5.62. The van der Waals surface area contributed by atoms with E-state index in [0.717, 1.165) is 26.2 Å². The van der Waals surface area contributed by atoms with Gasteiger partial charge in [-0.25, -0.2) is 0 Å². The lowest BCUT2D eigenvalue weighted by atomic mass is 10.0. The minimum Gasteiger partial charge on any atom is -0.378 e. The predicted octanol–water partition coefficient (Wildman–Crippen LogP) is 0.912. The standard InChI is InChI=1S/C13H26N2O2/c1-11(8-12-4-3-6-14-12)15-9-13(16-2)5-7-17-10-13/h11-12,14-15H,3-10H2,1-2H3. The van der Waals surface area contributed by atoms with Crippen LogP contribution in [0.3, 0.4) is 0 Å². The van der Waals surface area contributed by atoms with Gasteiger partial charge in [0.15, 0.2) is 0 Å². The highest BCUT2D eigenvalue weighted by Crippen LogP contribution is 2.22. The average Bonchev–Trinajstić information content (AvgIpc) is 2.98. The Labute approximate surface area is 104 Å². The van der Waals surface area contributed by atoms with Gasteiger partial charge in [-0.1, -0.05) is 0 Å². The first-order valence-electron chi connectivity index (χ1n) is 6.84. The Morgan fingerprint density at radius 1 is 1.59 bits per heavy atom. The third-order valence-corrected chi connectivity index (χ3v) is 4.07. The van der Waals surface area contributed by atoms with Crippen molar-refractivity contribution in [1.29, 1.82) is 0 Å². The van der Waals surface area contributed by atoms with Gasteiger partial charge in [0.05, 0.1) is 6.61 Å². The summed E-state index contributed by atoms with van der Waals surface area (Å²) in [6.45, 7) is 5.91. The Kier molecular flexibility index (Phi) is 4.79. The second-order valence-corrected chi connectivity index (χ2v) is 5.50. The van der Waals surface area contributed by atoms with Crippen LogP contribution in [0.4, 0.5) is 0 Å². The van der Waals surface area contributed by atoms with E-state index in [2.05, 4.69) is 17.6 Å². The quantitative estimate of drug-likeness (QED) is 0.726. The van der Waals surface area contributed by atoms with Gasteiger partial charge in [0.25, 0.3) is 0 Å². The minimum absolute atomic E-state index is 0.0859. The van der Waals surface area contributed by atoms with Gasteiger partial charge >= 0.3 is 0 Å². The lowest BCUT2D eigenvalue weighted by Crippen LogP contribution is -2.46. The van der Waals surface area contributed by atoms with Gasteiger partial charge in [0.1, 0.15) is 5.60 Å². The van der Waals surface area contributed by atoms with Gasteiger partial charge in [-0.05, 0) is 32.7 Å². The Hall–Kier alpha value is -0.160. The average molecular weight is 242 g/mol. The highest BCUT2D eigenvalue weighted by atomic mass is 16.5. The normalized spacial score (nSPS) is 35.3. The van der Waals surface area contributed by atoms with Gasteiger partial charge in [-0.2, -0.15) is 0 Å². The van der Waals surface area contributed by atoms with Crippen molar-refractivity contribution >= 4 is 0 Å². The van der Waals surface area contributed by atoms with Crippen LogP contribution in [-0.2, 0) is 9.47 Å². The summed E-state index contributed by atoms with van der Waals surface area (Å²) in [7, 11) is 1.79. The van der Waals surface area contributed by atoms with Gasteiger partial charge in [-0.15, -0.1) is 0 Å². The van der Waals surface area contributed by atoms with Gasteiger partial charge in [0, 0.05) is 38.8 Å². The fourth-order valence-electron chi connectivity index (χ4n) is 2.79. The molecule has 2 heterocycles. The molecule has 0 aromatic heterocycles. The van der Waals surface area contributed by atoms with E-state index in [-0.39, 0.29) is 5.60 Å². The summed E-state index contributed by atoms with van der Waals surface area (Å²) in [5.74, 6) is 0. The lowest BCUT2D eigenvalue weighted by molar-refractivity contribution is -0.0174. The number of rotatable bonds is 6. The van der Waals surface area contributed by atoms with Crippen LogP contribution in [0.25, 0.3) is 0 Å². The van der Waals surface area contributed by atoms with Crippen molar-refractivity contribution < 1.29 is 9.47 Å². The van der Waals surface area contributed by atoms with Crippen molar-refractivity contribution in [3.63, 3.8) is 0 Å². The third-order valence-electron chi connectivity index (χ3n) is 4.07. The molecule has 0 bridgehead atoms. The monoisotopic (exact) mass is 242 g/mol. The number of ether oxygens (including phenoxy) is 2. The number of hydrogen-bond donors (Lipinski definition) is 2.